The molecular formula is C12H21BN2O5. The molecule has 3 atom stereocenters. The van der Waals surface area contributed by atoms with E-state index in [1.165, 1.54) is 7.11 Å². The number of aliphatic hydroxyl groups excluding tert-OH is 1. The van der Waals surface area contributed by atoms with Gasteiger partial charge < -0.3 is 25.0 Å². The van der Waals surface area contributed by atoms with E-state index in [-0.39, 0.29) is 30.3 Å². The lowest BCUT2D eigenvalue weighted by atomic mass is 9.77. The first-order chi connectivity index (χ1) is 9.56. The minimum atomic E-state index is -0.915. The molecule has 1 amide bonds. The Morgan fingerprint density at radius 3 is 3.05 bits per heavy atom. The van der Waals surface area contributed by atoms with Crippen LogP contribution in [0, 0.1) is 11.8 Å². The number of nitrogens with zero attached hydrogens (tertiary/aromatic N) is 1. The molecule has 2 rings (SSSR count). The topological polar surface area (TPSA) is 102 Å². The number of nitrogens with two attached hydrogens (primary N) is 1. The van der Waals surface area contributed by atoms with Gasteiger partial charge in [0.1, 0.15) is 6.04 Å². The summed E-state index contributed by atoms with van der Waals surface area (Å²) in [5, 5.41) is 8.95. The third-order valence-corrected chi connectivity index (χ3v) is 4.09. The maximum Gasteiger partial charge on any atom is 0.526 e. The molecule has 7 nitrogen and oxygen atoms in total. The predicted octanol–water partition coefficient (Wildman–Crippen LogP) is -1.15. The highest BCUT2D eigenvalue weighted by atomic mass is 16.6. The molecule has 1 unspecified atom stereocenters. The van der Waals surface area contributed by atoms with Crippen molar-refractivity contribution in [1.29, 1.82) is 0 Å². The molecule has 0 aliphatic carbocycles. The summed E-state index contributed by atoms with van der Waals surface area (Å²) >= 11 is 0. The van der Waals surface area contributed by atoms with Gasteiger partial charge in [-0.2, -0.15) is 0 Å². The third kappa shape index (κ3) is 3.13. The molecule has 2 aliphatic rings. The number of hydrogen-bond donors (Lipinski definition) is 2. The summed E-state index contributed by atoms with van der Waals surface area (Å²) in [6.07, 6.45) is 2.42. The summed E-state index contributed by atoms with van der Waals surface area (Å²) in [5.74, 6) is -0.831. The van der Waals surface area contributed by atoms with Gasteiger partial charge in [-0.15, -0.1) is 0 Å². The maximum atomic E-state index is 12.1. The van der Waals surface area contributed by atoms with Crippen LogP contribution in [-0.2, 0) is 18.9 Å². The Morgan fingerprint density at radius 1 is 1.65 bits per heavy atom. The minimum Gasteiger partial charge on any atom is -0.509 e. The highest BCUT2D eigenvalue weighted by Crippen LogP contribution is 2.31. The van der Waals surface area contributed by atoms with E-state index in [1.807, 2.05) is 0 Å². The summed E-state index contributed by atoms with van der Waals surface area (Å²) < 4.78 is 10.4. The van der Waals surface area contributed by atoms with Gasteiger partial charge in [0.15, 0.2) is 0 Å². The smallest absolute Gasteiger partial charge is 0.509 e. The van der Waals surface area contributed by atoms with Crippen LogP contribution in [0.4, 0.5) is 0 Å². The zero-order valence-electron chi connectivity index (χ0n) is 11.7. The first-order valence-corrected chi connectivity index (χ1v) is 6.95. The van der Waals surface area contributed by atoms with Crippen molar-refractivity contribution in [3.8, 4) is 0 Å². The fourth-order valence-corrected chi connectivity index (χ4v) is 2.91. The molecule has 112 valence electrons. The van der Waals surface area contributed by atoms with Gasteiger partial charge in [0.2, 0.25) is 5.91 Å². The van der Waals surface area contributed by atoms with Crippen LogP contribution < -0.4 is 5.73 Å². The van der Waals surface area contributed by atoms with Crippen LogP contribution in [-0.4, -0.2) is 61.8 Å². The van der Waals surface area contributed by atoms with Crippen LogP contribution in [0.15, 0.2) is 0 Å². The summed E-state index contributed by atoms with van der Waals surface area (Å²) in [4.78, 5) is 25.6. The number of aliphatic hydroxyl groups is 1. The summed E-state index contributed by atoms with van der Waals surface area (Å²) in [7, 11) is 1.02. The van der Waals surface area contributed by atoms with Gasteiger partial charge in [0.25, 0.3) is 5.97 Å². The molecule has 2 fully saturated rings. The van der Waals surface area contributed by atoms with Crippen molar-refractivity contribution in [3.63, 3.8) is 0 Å². The van der Waals surface area contributed by atoms with Crippen molar-refractivity contribution >= 4 is 19.0 Å². The quantitative estimate of drug-likeness (QED) is 0.635. The fourth-order valence-electron chi connectivity index (χ4n) is 2.91. The molecule has 0 aromatic heterocycles. The summed E-state index contributed by atoms with van der Waals surface area (Å²) in [6.45, 7) is 0.428. The zero-order chi connectivity index (χ0) is 14.7. The molecular weight excluding hydrogens is 263 g/mol. The molecule has 0 bridgehead atoms. The van der Waals surface area contributed by atoms with Crippen LogP contribution in [0.3, 0.4) is 0 Å². The van der Waals surface area contributed by atoms with Gasteiger partial charge in [-0.1, -0.05) is 6.42 Å². The normalized spacial score (nSPS) is 28.4. The Hall–Kier alpha value is -1.12. The summed E-state index contributed by atoms with van der Waals surface area (Å²) in [5.41, 5.74) is 5.55. The third-order valence-electron chi connectivity index (χ3n) is 4.09. The van der Waals surface area contributed by atoms with Gasteiger partial charge in [0.05, 0.1) is 12.5 Å². The SMILES string of the molecule is COB1CCCC2CN(C(=O)[C@@H](N)CO)C[C@H]2C(=O)O1. The van der Waals surface area contributed by atoms with E-state index in [1.54, 1.807) is 4.90 Å². The highest BCUT2D eigenvalue weighted by Gasteiger charge is 2.43. The first kappa shape index (κ1) is 15.3. The Kier molecular flexibility index (Phi) is 5.01. The van der Waals surface area contributed by atoms with Crippen molar-refractivity contribution in [2.75, 3.05) is 26.8 Å². The molecule has 8 heteroatoms. The largest absolute Gasteiger partial charge is 0.526 e. The van der Waals surface area contributed by atoms with Crippen LogP contribution >= 0.6 is 0 Å². The minimum absolute atomic E-state index is 0.107. The molecule has 0 aromatic rings. The van der Waals surface area contributed by atoms with Crippen LogP contribution in [0.1, 0.15) is 12.8 Å². The Morgan fingerprint density at radius 2 is 2.40 bits per heavy atom. The highest BCUT2D eigenvalue weighted by molar-refractivity contribution is 6.46. The van der Waals surface area contributed by atoms with Crippen molar-refractivity contribution in [3.05, 3.63) is 0 Å². The lowest BCUT2D eigenvalue weighted by molar-refractivity contribution is -0.142. The molecule has 2 saturated heterocycles. The molecule has 2 aliphatic heterocycles. The molecule has 0 radical (unpaired) electrons. The molecule has 2 heterocycles. The molecule has 0 aromatic carbocycles. The number of amides is 1. The molecule has 20 heavy (non-hydrogen) atoms. The van der Waals surface area contributed by atoms with Crippen molar-refractivity contribution < 1.29 is 24.0 Å². The van der Waals surface area contributed by atoms with Gasteiger partial charge in [-0.05, 0) is 18.7 Å². The van der Waals surface area contributed by atoms with Crippen molar-refractivity contribution in [1.82, 2.24) is 4.90 Å². The number of likely N-dealkylation sites (tertiary alicyclic amines) is 1. The van der Waals surface area contributed by atoms with E-state index in [4.69, 9.17) is 20.1 Å². The second kappa shape index (κ2) is 6.56. The van der Waals surface area contributed by atoms with Crippen LogP contribution in [0.25, 0.3) is 0 Å². The number of carbonyl (C=O) groups is 2. The average Bonchev–Trinajstić information content (AvgIpc) is 2.86. The van der Waals surface area contributed by atoms with Crippen LogP contribution in [0.2, 0.25) is 6.32 Å². The van der Waals surface area contributed by atoms with E-state index in [0.717, 1.165) is 12.8 Å². The number of hydrogen-bond acceptors (Lipinski definition) is 6. The van der Waals surface area contributed by atoms with E-state index < -0.39 is 13.2 Å². The average molecular weight is 284 g/mol. The maximum absolute atomic E-state index is 12.1. The second-order valence-electron chi connectivity index (χ2n) is 5.43. The summed E-state index contributed by atoms with van der Waals surface area (Å²) in [6, 6.07) is -0.915. The van der Waals surface area contributed by atoms with Crippen molar-refractivity contribution in [2.24, 2.45) is 17.6 Å². The lowest BCUT2D eigenvalue weighted by Crippen LogP contribution is -2.45. The van der Waals surface area contributed by atoms with Gasteiger partial charge >= 0.3 is 7.12 Å². The second-order valence-corrected chi connectivity index (χ2v) is 5.43. The Balaban J connectivity index is 2.03. The Bertz CT molecular complexity index is 381. The predicted molar refractivity (Wildman–Crippen MR) is 71.5 cm³/mol. The zero-order valence-corrected chi connectivity index (χ0v) is 11.7. The van der Waals surface area contributed by atoms with Gasteiger partial charge in [-0.25, -0.2) is 0 Å². The van der Waals surface area contributed by atoms with E-state index in [0.29, 0.717) is 19.4 Å². The fraction of sp³-hybridized carbons (Fsp3) is 0.833. The molecule has 3 N–H and O–H groups in total. The first-order valence-electron chi connectivity index (χ1n) is 6.95. The molecule has 0 saturated carbocycles. The number of rotatable bonds is 3. The Labute approximate surface area is 118 Å². The number of carbonyl (C=O) groups excluding carboxylic acids is 2. The lowest BCUT2D eigenvalue weighted by Gasteiger charge is -2.22. The van der Waals surface area contributed by atoms with Crippen molar-refractivity contribution in [2.45, 2.75) is 25.2 Å². The standard InChI is InChI=1S/C12H21BN2O5/c1-19-13-4-2-3-8-5-15(11(17)10(14)7-16)6-9(8)12(18)20-13/h8-10,16H,2-7,14H2,1H3/t8?,9-,10+/m1/s1. The van der Waals surface area contributed by atoms with Gasteiger partial charge in [-0.3, -0.25) is 9.59 Å². The number of fused-ring (bicyclic) bond motifs is 1. The van der Waals surface area contributed by atoms with E-state index in [2.05, 4.69) is 0 Å². The van der Waals surface area contributed by atoms with Gasteiger partial charge in [0, 0.05) is 20.2 Å². The van der Waals surface area contributed by atoms with Crippen LogP contribution in [0.5, 0.6) is 0 Å². The monoisotopic (exact) mass is 284 g/mol. The molecule has 0 spiro atoms. The van der Waals surface area contributed by atoms with E-state index in [9.17, 15) is 9.59 Å². The van der Waals surface area contributed by atoms with E-state index >= 15 is 0 Å².